The zero-order chi connectivity index (χ0) is 33.5. The van der Waals surface area contributed by atoms with E-state index in [0.717, 1.165) is 11.1 Å². The van der Waals surface area contributed by atoms with Crippen molar-refractivity contribution in [2.75, 3.05) is 26.8 Å². The second kappa shape index (κ2) is 19.3. The minimum absolute atomic E-state index is 0.0198. The van der Waals surface area contributed by atoms with Crippen LogP contribution in [0.3, 0.4) is 0 Å². The molecule has 2 heterocycles. The summed E-state index contributed by atoms with van der Waals surface area (Å²) in [4.78, 5) is 0. The summed E-state index contributed by atoms with van der Waals surface area (Å²) in [5, 5.41) is 19.4. The van der Waals surface area contributed by atoms with Crippen molar-refractivity contribution in [2.24, 2.45) is 0 Å². The summed E-state index contributed by atoms with van der Waals surface area (Å²) in [6, 6.07) is 19.9. The fourth-order valence-electron chi connectivity index (χ4n) is 6.48. The molecule has 0 saturated carbocycles. The van der Waals surface area contributed by atoms with Crippen molar-refractivity contribution in [2.45, 2.75) is 134 Å². The highest BCUT2D eigenvalue weighted by Gasteiger charge is 2.41. The Kier molecular flexibility index (Phi) is 15.5. The lowest BCUT2D eigenvalue weighted by molar-refractivity contribution is -0.328. The Morgan fingerprint density at radius 2 is 1.00 bits per heavy atom. The van der Waals surface area contributed by atoms with Gasteiger partial charge >= 0.3 is 0 Å². The summed E-state index contributed by atoms with van der Waals surface area (Å²) in [5.41, 5.74) is 2.16. The van der Waals surface area contributed by atoms with Gasteiger partial charge in [0.25, 0.3) is 0 Å². The van der Waals surface area contributed by atoms with E-state index in [4.69, 9.17) is 37.9 Å². The predicted octanol–water partition coefficient (Wildman–Crippen LogP) is 5.86. The first-order valence-electron chi connectivity index (χ1n) is 17.0. The number of ether oxygens (including phenoxy) is 8. The largest absolute Gasteiger partial charge is 0.396 e. The van der Waals surface area contributed by atoms with Crippen molar-refractivity contribution < 1.29 is 48.1 Å². The zero-order valence-corrected chi connectivity index (χ0v) is 28.6. The third-order valence-corrected chi connectivity index (χ3v) is 8.33. The van der Waals surface area contributed by atoms with Gasteiger partial charge in [0, 0.05) is 45.3 Å². The van der Waals surface area contributed by atoms with E-state index in [1.165, 1.54) is 0 Å². The van der Waals surface area contributed by atoms with Crippen molar-refractivity contribution in [3.05, 3.63) is 71.8 Å². The van der Waals surface area contributed by atoms with E-state index in [1.807, 2.05) is 88.4 Å². The number of hydrogen-bond donors (Lipinski definition) is 2. The Balaban J connectivity index is 1.27. The van der Waals surface area contributed by atoms with Crippen LogP contribution in [0.4, 0.5) is 0 Å². The number of benzene rings is 2. The fourth-order valence-corrected chi connectivity index (χ4v) is 6.48. The summed E-state index contributed by atoms with van der Waals surface area (Å²) in [6.45, 7) is 9.00. The van der Waals surface area contributed by atoms with Crippen LogP contribution in [-0.4, -0.2) is 85.2 Å². The quantitative estimate of drug-likeness (QED) is 0.132. The van der Waals surface area contributed by atoms with Crippen molar-refractivity contribution in [1.29, 1.82) is 0 Å². The van der Waals surface area contributed by atoms with Crippen LogP contribution in [-0.2, 0) is 51.1 Å². The number of aliphatic hydroxyl groups is 2. The van der Waals surface area contributed by atoms with Crippen LogP contribution in [0.15, 0.2) is 60.7 Å². The zero-order valence-electron chi connectivity index (χ0n) is 28.6. The monoisotopic (exact) mass is 660 g/mol. The van der Waals surface area contributed by atoms with Gasteiger partial charge in [-0.25, -0.2) is 0 Å². The van der Waals surface area contributed by atoms with Crippen LogP contribution in [0.5, 0.6) is 0 Å². The molecule has 0 radical (unpaired) electrons. The van der Waals surface area contributed by atoms with Crippen LogP contribution in [0.25, 0.3) is 0 Å². The lowest BCUT2D eigenvalue weighted by Crippen LogP contribution is -2.50. The van der Waals surface area contributed by atoms with Gasteiger partial charge in [-0.1, -0.05) is 60.7 Å². The average Bonchev–Trinajstić information content (AvgIpc) is 3.01. The summed E-state index contributed by atoms with van der Waals surface area (Å²) < 4.78 is 49.0. The van der Waals surface area contributed by atoms with E-state index in [-0.39, 0.29) is 63.4 Å². The highest BCUT2D eigenvalue weighted by molar-refractivity contribution is 5.14. The molecule has 264 valence electrons. The molecule has 2 aromatic carbocycles. The van der Waals surface area contributed by atoms with Crippen molar-refractivity contribution in [3.63, 3.8) is 0 Å². The Bertz CT molecular complexity index is 1030. The second-order valence-corrected chi connectivity index (χ2v) is 13.4. The Morgan fingerprint density at radius 1 is 0.617 bits per heavy atom. The molecule has 47 heavy (non-hydrogen) atoms. The molecule has 0 aromatic heterocycles. The number of hydrogen-bond acceptors (Lipinski definition) is 10. The topological polar surface area (TPSA) is 114 Å². The predicted molar refractivity (Wildman–Crippen MR) is 176 cm³/mol. The standard InChI is InChI=1S/C37H56O10/c1-36(2)44-32(19-30(15-17-38)42-26-40-24-28-11-7-5-8-12-28)21-34(46-36)23-35-22-33(45-37(3,4)47-35)20-31(16-18-39)43-27-41-25-29-13-9-6-10-14-29/h5-14,30-35,38-39H,15-27H2,1-4H3/t30-,31-,32+,33+,34-,35-/m1/s1. The van der Waals surface area contributed by atoms with Crippen LogP contribution in [0.2, 0.25) is 0 Å². The van der Waals surface area contributed by atoms with Gasteiger partial charge in [-0.05, 0) is 51.7 Å². The molecule has 0 spiro atoms. The first-order chi connectivity index (χ1) is 22.6. The summed E-state index contributed by atoms with van der Waals surface area (Å²) >= 11 is 0. The summed E-state index contributed by atoms with van der Waals surface area (Å²) in [6.07, 6.45) is 3.43. The SMILES string of the molecule is CC1(C)O[C@@H](C[C@H]2C[C@H](C[C@@H](CCO)OCOCc3ccccc3)OC(C)(C)O2)C[C@H](C[C@@H](CCO)OCOCc2ccccc2)O1. The molecule has 0 unspecified atom stereocenters. The Morgan fingerprint density at radius 3 is 1.38 bits per heavy atom. The molecule has 0 aliphatic carbocycles. The molecule has 2 saturated heterocycles. The molecule has 6 atom stereocenters. The maximum atomic E-state index is 9.70. The van der Waals surface area contributed by atoms with E-state index < -0.39 is 11.6 Å². The first-order valence-corrected chi connectivity index (χ1v) is 17.0. The lowest BCUT2D eigenvalue weighted by atomic mass is 9.94. The molecular weight excluding hydrogens is 604 g/mol. The number of rotatable bonds is 20. The maximum Gasteiger partial charge on any atom is 0.163 e. The minimum Gasteiger partial charge on any atom is -0.396 e. The van der Waals surface area contributed by atoms with E-state index >= 15 is 0 Å². The molecule has 2 aliphatic rings. The molecular formula is C37H56O10. The Hall–Kier alpha value is -1.96. The van der Waals surface area contributed by atoms with Crippen LogP contribution < -0.4 is 0 Å². The lowest BCUT2D eigenvalue weighted by Gasteiger charge is -2.45. The highest BCUT2D eigenvalue weighted by atomic mass is 16.7. The molecule has 0 bridgehead atoms. The first kappa shape index (κ1) is 37.9. The van der Waals surface area contributed by atoms with Gasteiger partial charge in [0.05, 0.1) is 49.8 Å². The maximum absolute atomic E-state index is 9.70. The number of aliphatic hydroxyl groups excluding tert-OH is 2. The normalized spacial score (nSPS) is 25.3. The fraction of sp³-hybridized carbons (Fsp3) is 0.676. The van der Waals surface area contributed by atoms with E-state index in [0.29, 0.717) is 58.2 Å². The van der Waals surface area contributed by atoms with E-state index in [9.17, 15) is 10.2 Å². The third kappa shape index (κ3) is 14.2. The second-order valence-electron chi connectivity index (χ2n) is 13.4. The molecule has 2 aliphatic heterocycles. The van der Waals surface area contributed by atoms with Gasteiger partial charge in [-0.2, -0.15) is 0 Å². The summed E-state index contributed by atoms with van der Waals surface area (Å²) in [5.74, 6) is -1.55. The van der Waals surface area contributed by atoms with Crippen molar-refractivity contribution in [1.82, 2.24) is 0 Å². The van der Waals surface area contributed by atoms with E-state index in [2.05, 4.69) is 0 Å². The summed E-state index contributed by atoms with van der Waals surface area (Å²) in [7, 11) is 0. The highest BCUT2D eigenvalue weighted by Crippen LogP contribution is 2.36. The molecule has 2 aromatic rings. The molecule has 0 amide bonds. The van der Waals surface area contributed by atoms with Gasteiger partial charge in [0.2, 0.25) is 0 Å². The van der Waals surface area contributed by atoms with E-state index in [1.54, 1.807) is 0 Å². The molecule has 4 rings (SSSR count). The van der Waals surface area contributed by atoms with Gasteiger partial charge in [0.1, 0.15) is 13.6 Å². The average molecular weight is 661 g/mol. The molecule has 10 nitrogen and oxygen atoms in total. The molecule has 2 fully saturated rings. The third-order valence-electron chi connectivity index (χ3n) is 8.33. The molecule has 2 N–H and O–H groups in total. The van der Waals surface area contributed by atoms with Crippen molar-refractivity contribution >= 4 is 0 Å². The van der Waals surface area contributed by atoms with Crippen LogP contribution in [0, 0.1) is 0 Å². The molecule has 10 heteroatoms. The van der Waals surface area contributed by atoms with Crippen LogP contribution in [0.1, 0.15) is 83.8 Å². The van der Waals surface area contributed by atoms with Gasteiger partial charge < -0.3 is 48.1 Å². The Labute approximate surface area is 280 Å². The van der Waals surface area contributed by atoms with Gasteiger partial charge in [0.15, 0.2) is 11.6 Å². The minimum atomic E-state index is -0.777. The van der Waals surface area contributed by atoms with Crippen LogP contribution >= 0.6 is 0 Å². The van der Waals surface area contributed by atoms with Gasteiger partial charge in [-0.3, -0.25) is 0 Å². The van der Waals surface area contributed by atoms with Gasteiger partial charge in [-0.15, -0.1) is 0 Å². The van der Waals surface area contributed by atoms with Crippen molar-refractivity contribution in [3.8, 4) is 0 Å². The smallest absolute Gasteiger partial charge is 0.163 e.